The number of carboxylic acids is 1. The summed E-state index contributed by atoms with van der Waals surface area (Å²) >= 11 is 0. The van der Waals surface area contributed by atoms with Crippen LogP contribution in [0.3, 0.4) is 0 Å². The molecule has 6 nitrogen and oxygen atoms in total. The van der Waals surface area contributed by atoms with E-state index in [4.69, 9.17) is 5.11 Å². The Labute approximate surface area is 120 Å². The van der Waals surface area contributed by atoms with Crippen LogP contribution >= 0.6 is 0 Å². The number of piperidine rings is 2. The Kier molecular flexibility index (Phi) is 5.23. The average Bonchev–Trinajstić information content (AvgIpc) is 2.47. The maximum Gasteiger partial charge on any atom is 0.320 e. The molecule has 2 saturated heterocycles. The first-order valence-electron chi connectivity index (χ1n) is 7.53. The third-order valence-corrected chi connectivity index (χ3v) is 4.32. The van der Waals surface area contributed by atoms with Crippen LogP contribution in [0, 0.1) is 11.8 Å². The topological polar surface area (TPSA) is 72.9 Å². The van der Waals surface area contributed by atoms with Crippen LogP contribution in [0.5, 0.6) is 0 Å². The minimum atomic E-state index is -0.783. The SMILES string of the molecule is CNCC1CCCN(C(=O)N2CCCC(C(=O)O)C2)C1. The van der Waals surface area contributed by atoms with E-state index in [1.807, 2.05) is 11.9 Å². The summed E-state index contributed by atoms with van der Waals surface area (Å²) in [4.78, 5) is 27.2. The lowest BCUT2D eigenvalue weighted by Gasteiger charge is -2.38. The highest BCUT2D eigenvalue weighted by Crippen LogP contribution is 2.21. The second-order valence-electron chi connectivity index (χ2n) is 5.92. The molecule has 2 N–H and O–H groups in total. The van der Waals surface area contributed by atoms with Gasteiger partial charge in [0.15, 0.2) is 0 Å². The normalized spacial score (nSPS) is 27.4. The van der Waals surface area contributed by atoms with Crippen molar-refractivity contribution in [3.05, 3.63) is 0 Å². The fourth-order valence-corrected chi connectivity index (χ4v) is 3.25. The fraction of sp³-hybridized carbons (Fsp3) is 0.857. The summed E-state index contributed by atoms with van der Waals surface area (Å²) in [5.74, 6) is -0.669. The zero-order chi connectivity index (χ0) is 14.5. The molecular weight excluding hydrogens is 258 g/mol. The van der Waals surface area contributed by atoms with Crippen LogP contribution in [-0.4, -0.2) is 66.7 Å². The molecule has 0 radical (unpaired) electrons. The summed E-state index contributed by atoms with van der Waals surface area (Å²) in [6.45, 7) is 3.57. The van der Waals surface area contributed by atoms with Gasteiger partial charge in [-0.1, -0.05) is 0 Å². The second kappa shape index (κ2) is 6.92. The summed E-state index contributed by atoms with van der Waals surface area (Å²) in [5.41, 5.74) is 0. The van der Waals surface area contributed by atoms with E-state index in [2.05, 4.69) is 5.32 Å². The van der Waals surface area contributed by atoms with Crippen LogP contribution in [0.4, 0.5) is 4.79 Å². The number of carbonyl (C=O) groups excluding carboxylic acids is 1. The van der Waals surface area contributed by atoms with Crippen molar-refractivity contribution < 1.29 is 14.7 Å². The van der Waals surface area contributed by atoms with Crippen LogP contribution in [0.25, 0.3) is 0 Å². The van der Waals surface area contributed by atoms with Crippen LogP contribution in [0.15, 0.2) is 0 Å². The number of likely N-dealkylation sites (tertiary alicyclic amines) is 2. The number of aliphatic carboxylic acids is 1. The van der Waals surface area contributed by atoms with Crippen molar-refractivity contribution in [3.8, 4) is 0 Å². The second-order valence-corrected chi connectivity index (χ2v) is 5.92. The molecule has 2 unspecified atom stereocenters. The Hall–Kier alpha value is -1.30. The number of amides is 2. The van der Waals surface area contributed by atoms with Gasteiger partial charge in [-0.2, -0.15) is 0 Å². The smallest absolute Gasteiger partial charge is 0.320 e. The van der Waals surface area contributed by atoms with E-state index in [1.165, 1.54) is 0 Å². The largest absolute Gasteiger partial charge is 0.481 e. The highest BCUT2D eigenvalue weighted by atomic mass is 16.4. The molecule has 0 spiro atoms. The number of nitrogens with one attached hydrogen (secondary N) is 1. The monoisotopic (exact) mass is 283 g/mol. The van der Waals surface area contributed by atoms with Gasteiger partial charge in [0.2, 0.25) is 0 Å². The molecule has 20 heavy (non-hydrogen) atoms. The van der Waals surface area contributed by atoms with Gasteiger partial charge in [0, 0.05) is 26.2 Å². The molecule has 2 aliphatic rings. The predicted molar refractivity (Wildman–Crippen MR) is 75.6 cm³/mol. The molecule has 0 aromatic rings. The van der Waals surface area contributed by atoms with Gasteiger partial charge in [-0.3, -0.25) is 4.79 Å². The lowest BCUT2D eigenvalue weighted by Crippen LogP contribution is -2.52. The Morgan fingerprint density at radius 2 is 1.80 bits per heavy atom. The molecule has 0 aliphatic carbocycles. The number of nitrogens with zero attached hydrogens (tertiary/aromatic N) is 2. The van der Waals surface area contributed by atoms with Crippen molar-refractivity contribution in [2.24, 2.45) is 11.8 Å². The first kappa shape index (κ1) is 15.1. The summed E-state index contributed by atoms with van der Waals surface area (Å²) in [7, 11) is 1.93. The maximum atomic E-state index is 12.5. The summed E-state index contributed by atoms with van der Waals surface area (Å²) < 4.78 is 0. The molecular formula is C14H25N3O3. The number of hydrogen-bond donors (Lipinski definition) is 2. The molecule has 6 heteroatoms. The Morgan fingerprint density at radius 1 is 1.15 bits per heavy atom. The minimum Gasteiger partial charge on any atom is -0.481 e. The van der Waals surface area contributed by atoms with Crippen molar-refractivity contribution in [2.45, 2.75) is 25.7 Å². The molecule has 114 valence electrons. The lowest BCUT2D eigenvalue weighted by molar-refractivity contribution is -0.143. The van der Waals surface area contributed by atoms with E-state index in [-0.39, 0.29) is 6.03 Å². The molecule has 2 rings (SSSR count). The molecule has 2 aliphatic heterocycles. The number of urea groups is 1. The van der Waals surface area contributed by atoms with Gasteiger partial charge in [-0.25, -0.2) is 4.79 Å². The summed E-state index contributed by atoms with van der Waals surface area (Å²) in [6, 6.07) is 0.0248. The van der Waals surface area contributed by atoms with Crippen molar-refractivity contribution >= 4 is 12.0 Å². The lowest BCUT2D eigenvalue weighted by atomic mass is 9.97. The number of carboxylic acid groups (broad SMARTS) is 1. The Bertz CT molecular complexity index is 360. The minimum absolute atomic E-state index is 0.0248. The van der Waals surface area contributed by atoms with Crippen LogP contribution in [0.1, 0.15) is 25.7 Å². The van der Waals surface area contributed by atoms with Gasteiger partial charge in [-0.15, -0.1) is 0 Å². The molecule has 0 aromatic heterocycles. The van der Waals surface area contributed by atoms with E-state index in [0.717, 1.165) is 38.9 Å². The molecule has 0 aromatic carbocycles. The van der Waals surface area contributed by atoms with Crippen LogP contribution < -0.4 is 5.32 Å². The first-order chi connectivity index (χ1) is 9.61. The van der Waals surface area contributed by atoms with Crippen LogP contribution in [0.2, 0.25) is 0 Å². The summed E-state index contributed by atoms with van der Waals surface area (Å²) in [5, 5.41) is 12.3. The number of carbonyl (C=O) groups is 2. The van der Waals surface area contributed by atoms with Crippen molar-refractivity contribution in [3.63, 3.8) is 0 Å². The molecule has 0 bridgehead atoms. The quantitative estimate of drug-likeness (QED) is 0.805. The van der Waals surface area contributed by atoms with Gasteiger partial charge >= 0.3 is 12.0 Å². The maximum absolute atomic E-state index is 12.5. The van der Waals surface area contributed by atoms with Gasteiger partial charge in [0.1, 0.15) is 0 Å². The Balaban J connectivity index is 1.91. The van der Waals surface area contributed by atoms with E-state index in [1.54, 1.807) is 4.90 Å². The third kappa shape index (κ3) is 3.62. The zero-order valence-electron chi connectivity index (χ0n) is 12.2. The molecule has 0 saturated carbocycles. The first-order valence-corrected chi connectivity index (χ1v) is 7.53. The van der Waals surface area contributed by atoms with E-state index in [0.29, 0.717) is 25.4 Å². The van der Waals surface area contributed by atoms with E-state index in [9.17, 15) is 9.59 Å². The molecule has 2 amide bonds. The molecule has 2 fully saturated rings. The van der Waals surface area contributed by atoms with Crippen molar-refractivity contribution in [2.75, 3.05) is 39.8 Å². The van der Waals surface area contributed by atoms with Crippen molar-refractivity contribution in [1.29, 1.82) is 0 Å². The Morgan fingerprint density at radius 3 is 2.45 bits per heavy atom. The van der Waals surface area contributed by atoms with Gasteiger partial charge in [0.25, 0.3) is 0 Å². The van der Waals surface area contributed by atoms with Gasteiger partial charge in [-0.05, 0) is 45.2 Å². The average molecular weight is 283 g/mol. The highest BCUT2D eigenvalue weighted by molar-refractivity contribution is 5.76. The van der Waals surface area contributed by atoms with Gasteiger partial charge < -0.3 is 20.2 Å². The van der Waals surface area contributed by atoms with E-state index >= 15 is 0 Å². The molecule has 2 atom stereocenters. The zero-order valence-corrected chi connectivity index (χ0v) is 12.2. The fourth-order valence-electron chi connectivity index (χ4n) is 3.25. The van der Waals surface area contributed by atoms with E-state index < -0.39 is 11.9 Å². The third-order valence-electron chi connectivity index (χ3n) is 4.32. The van der Waals surface area contributed by atoms with Crippen LogP contribution in [-0.2, 0) is 4.79 Å². The summed E-state index contributed by atoms with van der Waals surface area (Å²) in [6.07, 6.45) is 3.66. The number of hydrogen-bond acceptors (Lipinski definition) is 3. The number of rotatable bonds is 3. The standard InChI is InChI=1S/C14H25N3O3/c1-15-8-11-4-2-6-16(9-11)14(20)17-7-3-5-12(10-17)13(18)19/h11-12,15H,2-10H2,1H3,(H,18,19). The predicted octanol–water partition coefficient (Wildman–Crippen LogP) is 0.834. The van der Waals surface area contributed by atoms with Crippen molar-refractivity contribution in [1.82, 2.24) is 15.1 Å². The molecule has 2 heterocycles. The van der Waals surface area contributed by atoms with Gasteiger partial charge in [0.05, 0.1) is 5.92 Å². The highest BCUT2D eigenvalue weighted by Gasteiger charge is 2.32.